The summed E-state index contributed by atoms with van der Waals surface area (Å²) < 4.78 is 6.84. The topological polar surface area (TPSA) is 69.6 Å². The summed E-state index contributed by atoms with van der Waals surface area (Å²) in [6, 6.07) is 5.86. The van der Waals surface area contributed by atoms with E-state index in [1.807, 2.05) is 31.3 Å². The fourth-order valence-electron chi connectivity index (χ4n) is 1.87. The number of aromatic nitrogens is 5. The molecular weight excluding hydrogens is 242 g/mol. The molecule has 0 saturated carbocycles. The number of hydrogen-bond donors (Lipinski definition) is 0. The maximum absolute atomic E-state index is 5.04. The average molecular weight is 255 g/mol. The van der Waals surface area contributed by atoms with Crippen LogP contribution in [0.1, 0.15) is 24.3 Å². The summed E-state index contributed by atoms with van der Waals surface area (Å²) >= 11 is 0. The van der Waals surface area contributed by atoms with E-state index in [-0.39, 0.29) is 6.04 Å². The Hall–Kier alpha value is -2.50. The van der Waals surface area contributed by atoms with Crippen molar-refractivity contribution in [2.45, 2.75) is 19.9 Å². The molecule has 0 spiro atoms. The molecule has 0 aromatic carbocycles. The van der Waals surface area contributed by atoms with Gasteiger partial charge in [-0.3, -0.25) is 4.98 Å². The maximum Gasteiger partial charge on any atom is 0.136 e. The maximum atomic E-state index is 5.04. The van der Waals surface area contributed by atoms with Gasteiger partial charge in [-0.25, -0.2) is 4.68 Å². The van der Waals surface area contributed by atoms with E-state index in [2.05, 4.69) is 27.4 Å². The Morgan fingerprint density at radius 1 is 1.21 bits per heavy atom. The van der Waals surface area contributed by atoms with Crippen molar-refractivity contribution >= 4 is 0 Å². The Morgan fingerprint density at radius 2 is 2.00 bits per heavy atom. The number of rotatable bonds is 3. The lowest BCUT2D eigenvalue weighted by molar-refractivity contribution is 0.399. The van der Waals surface area contributed by atoms with Crippen molar-refractivity contribution in [3.63, 3.8) is 0 Å². The van der Waals surface area contributed by atoms with Gasteiger partial charge in [-0.1, -0.05) is 10.4 Å². The molecule has 1 atom stereocenters. The molecule has 96 valence electrons. The second-order valence-electron chi connectivity index (χ2n) is 4.36. The Kier molecular flexibility index (Phi) is 2.83. The Morgan fingerprint density at radius 3 is 2.68 bits per heavy atom. The standard InChI is InChI=1S/C13H13N5O/c1-9-7-12(16-19-9)13-8-18(17-15-13)10(2)11-3-5-14-6-4-11/h3-8,10H,1-2H3/t10-/m1/s1. The van der Waals surface area contributed by atoms with Crippen LogP contribution in [0.2, 0.25) is 0 Å². The first-order chi connectivity index (χ1) is 9.24. The molecule has 0 bridgehead atoms. The van der Waals surface area contributed by atoms with Crippen molar-refractivity contribution in [2.24, 2.45) is 0 Å². The molecule has 0 unspecified atom stereocenters. The Bertz CT molecular complexity index is 673. The lowest BCUT2D eigenvalue weighted by Gasteiger charge is -2.10. The van der Waals surface area contributed by atoms with Gasteiger partial charge in [-0.2, -0.15) is 0 Å². The summed E-state index contributed by atoms with van der Waals surface area (Å²) in [6.07, 6.45) is 5.40. The van der Waals surface area contributed by atoms with Crippen LogP contribution in [0.4, 0.5) is 0 Å². The van der Waals surface area contributed by atoms with E-state index >= 15 is 0 Å². The number of aryl methyl sites for hydroxylation is 1. The molecule has 0 aliphatic carbocycles. The zero-order chi connectivity index (χ0) is 13.2. The van der Waals surface area contributed by atoms with Crippen molar-refractivity contribution in [2.75, 3.05) is 0 Å². The third-order valence-corrected chi connectivity index (χ3v) is 2.99. The van der Waals surface area contributed by atoms with Crippen molar-refractivity contribution in [1.82, 2.24) is 25.1 Å². The second-order valence-corrected chi connectivity index (χ2v) is 4.36. The molecule has 0 aliphatic rings. The van der Waals surface area contributed by atoms with Crippen LogP contribution in [0.5, 0.6) is 0 Å². The monoisotopic (exact) mass is 255 g/mol. The van der Waals surface area contributed by atoms with Gasteiger partial charge in [0.2, 0.25) is 0 Å². The molecule has 3 rings (SSSR count). The van der Waals surface area contributed by atoms with Crippen molar-refractivity contribution in [3.05, 3.63) is 48.1 Å². The first-order valence-electron chi connectivity index (χ1n) is 5.99. The zero-order valence-corrected chi connectivity index (χ0v) is 10.7. The molecule has 3 aromatic rings. The predicted molar refractivity (Wildman–Crippen MR) is 68.3 cm³/mol. The number of pyridine rings is 1. The van der Waals surface area contributed by atoms with Gasteiger partial charge in [0.05, 0.1) is 12.2 Å². The van der Waals surface area contributed by atoms with E-state index in [0.29, 0.717) is 11.4 Å². The smallest absolute Gasteiger partial charge is 0.136 e. The van der Waals surface area contributed by atoms with Crippen LogP contribution in [-0.4, -0.2) is 25.1 Å². The van der Waals surface area contributed by atoms with E-state index in [4.69, 9.17) is 4.52 Å². The third-order valence-electron chi connectivity index (χ3n) is 2.99. The van der Waals surface area contributed by atoms with Gasteiger partial charge in [0.25, 0.3) is 0 Å². The lowest BCUT2D eigenvalue weighted by atomic mass is 10.1. The molecule has 0 fully saturated rings. The van der Waals surface area contributed by atoms with Crippen LogP contribution < -0.4 is 0 Å². The minimum atomic E-state index is 0.0947. The molecule has 6 heteroatoms. The van der Waals surface area contributed by atoms with Crippen LogP contribution in [0.15, 0.2) is 41.3 Å². The van der Waals surface area contributed by atoms with Gasteiger partial charge in [-0.15, -0.1) is 5.10 Å². The molecule has 3 heterocycles. The van der Waals surface area contributed by atoms with E-state index < -0.39 is 0 Å². The Labute approximate surface area is 110 Å². The van der Waals surface area contributed by atoms with Crippen LogP contribution >= 0.6 is 0 Å². The molecule has 0 aliphatic heterocycles. The van der Waals surface area contributed by atoms with Crippen LogP contribution in [-0.2, 0) is 0 Å². The molecular formula is C13H13N5O. The van der Waals surface area contributed by atoms with Gasteiger partial charge < -0.3 is 4.52 Å². The fourth-order valence-corrected chi connectivity index (χ4v) is 1.87. The normalized spacial score (nSPS) is 12.5. The number of hydrogen-bond acceptors (Lipinski definition) is 5. The minimum absolute atomic E-state index is 0.0947. The lowest BCUT2D eigenvalue weighted by Crippen LogP contribution is -2.07. The first-order valence-corrected chi connectivity index (χ1v) is 5.99. The van der Waals surface area contributed by atoms with Crippen LogP contribution in [0, 0.1) is 6.92 Å². The quantitative estimate of drug-likeness (QED) is 0.717. The SMILES string of the molecule is Cc1cc(-c2cn([C@H](C)c3ccncc3)nn2)no1. The van der Waals surface area contributed by atoms with Crippen molar-refractivity contribution in [1.29, 1.82) is 0 Å². The molecule has 0 amide bonds. The molecule has 3 aromatic heterocycles. The van der Waals surface area contributed by atoms with Gasteiger partial charge in [0.15, 0.2) is 0 Å². The van der Waals surface area contributed by atoms with E-state index in [9.17, 15) is 0 Å². The molecule has 19 heavy (non-hydrogen) atoms. The minimum Gasteiger partial charge on any atom is -0.361 e. The summed E-state index contributed by atoms with van der Waals surface area (Å²) in [4.78, 5) is 4.01. The highest BCUT2D eigenvalue weighted by atomic mass is 16.5. The van der Waals surface area contributed by atoms with Gasteiger partial charge >= 0.3 is 0 Å². The Balaban J connectivity index is 1.89. The van der Waals surface area contributed by atoms with Crippen LogP contribution in [0.25, 0.3) is 11.4 Å². The summed E-state index contributed by atoms with van der Waals surface area (Å²) in [5.41, 5.74) is 2.53. The fraction of sp³-hybridized carbons (Fsp3) is 0.231. The van der Waals surface area contributed by atoms with Crippen molar-refractivity contribution in [3.8, 4) is 11.4 Å². The predicted octanol–water partition coefficient (Wildman–Crippen LogP) is 2.25. The van der Waals surface area contributed by atoms with E-state index in [1.54, 1.807) is 17.1 Å². The van der Waals surface area contributed by atoms with E-state index in [0.717, 1.165) is 11.3 Å². The largest absolute Gasteiger partial charge is 0.361 e. The van der Waals surface area contributed by atoms with Gasteiger partial charge in [0, 0.05) is 18.5 Å². The van der Waals surface area contributed by atoms with Gasteiger partial charge in [-0.05, 0) is 31.5 Å². The van der Waals surface area contributed by atoms with Gasteiger partial charge in [0.1, 0.15) is 17.1 Å². The third kappa shape index (κ3) is 2.24. The zero-order valence-electron chi connectivity index (χ0n) is 10.7. The number of nitrogens with zero attached hydrogens (tertiary/aromatic N) is 5. The summed E-state index contributed by atoms with van der Waals surface area (Å²) in [7, 11) is 0. The molecule has 0 radical (unpaired) electrons. The molecule has 0 saturated heterocycles. The summed E-state index contributed by atoms with van der Waals surface area (Å²) in [6.45, 7) is 3.91. The molecule has 6 nitrogen and oxygen atoms in total. The van der Waals surface area contributed by atoms with E-state index in [1.165, 1.54) is 0 Å². The average Bonchev–Trinajstić information content (AvgIpc) is 3.07. The second kappa shape index (κ2) is 4.64. The highest BCUT2D eigenvalue weighted by Crippen LogP contribution is 2.20. The highest BCUT2D eigenvalue weighted by Gasteiger charge is 2.13. The molecule has 0 N–H and O–H groups in total. The first kappa shape index (κ1) is 11.6. The highest BCUT2D eigenvalue weighted by molar-refractivity contribution is 5.51. The summed E-state index contributed by atoms with van der Waals surface area (Å²) in [5, 5.41) is 12.2. The summed E-state index contributed by atoms with van der Waals surface area (Å²) in [5.74, 6) is 0.756. The van der Waals surface area contributed by atoms with Crippen LogP contribution in [0.3, 0.4) is 0 Å². The van der Waals surface area contributed by atoms with Crippen molar-refractivity contribution < 1.29 is 4.52 Å².